The van der Waals surface area contributed by atoms with Crippen molar-refractivity contribution in [1.29, 1.82) is 0 Å². The van der Waals surface area contributed by atoms with Gasteiger partial charge in [-0.1, -0.05) is 12.5 Å². The van der Waals surface area contributed by atoms with Crippen molar-refractivity contribution < 1.29 is 4.79 Å². The normalized spacial score (nSPS) is 27.0. The maximum absolute atomic E-state index is 11.4. The topological polar surface area (TPSA) is 29.1 Å². The molecule has 0 radical (unpaired) electrons. The van der Waals surface area contributed by atoms with E-state index >= 15 is 0 Å². The highest BCUT2D eigenvalue weighted by Gasteiger charge is 2.24. The predicted molar refractivity (Wildman–Crippen MR) is 57.9 cm³/mol. The zero-order chi connectivity index (χ0) is 9.84. The van der Waals surface area contributed by atoms with Crippen LogP contribution in [-0.4, -0.2) is 23.5 Å². The van der Waals surface area contributed by atoms with Crippen LogP contribution in [0.5, 0.6) is 0 Å². The first-order chi connectivity index (χ1) is 6.09. The number of carbonyl (C=O) groups is 1. The molecule has 0 aromatic heterocycles. The fourth-order valence-corrected chi connectivity index (χ4v) is 2.74. The lowest BCUT2D eigenvalue weighted by atomic mass is 10.1. The van der Waals surface area contributed by atoms with Crippen molar-refractivity contribution >= 4 is 17.7 Å². The second kappa shape index (κ2) is 4.70. The quantitative estimate of drug-likeness (QED) is 0.687. The molecule has 3 heteroatoms. The van der Waals surface area contributed by atoms with E-state index in [2.05, 4.69) is 12.2 Å². The van der Waals surface area contributed by atoms with Crippen LogP contribution in [0.15, 0.2) is 11.6 Å². The van der Waals surface area contributed by atoms with Gasteiger partial charge in [-0.25, -0.2) is 0 Å². The lowest BCUT2D eigenvalue weighted by Gasteiger charge is -2.14. The third-order valence-electron chi connectivity index (χ3n) is 2.11. The van der Waals surface area contributed by atoms with Crippen molar-refractivity contribution in [2.45, 2.75) is 26.8 Å². The van der Waals surface area contributed by atoms with Gasteiger partial charge in [0.1, 0.15) is 0 Å². The number of hydrogen-bond acceptors (Lipinski definition) is 2. The highest BCUT2D eigenvalue weighted by Crippen LogP contribution is 2.23. The summed E-state index contributed by atoms with van der Waals surface area (Å²) in [6.07, 6.45) is 1.66. The van der Waals surface area contributed by atoms with Gasteiger partial charge in [0, 0.05) is 17.9 Å². The van der Waals surface area contributed by atoms with Gasteiger partial charge in [-0.3, -0.25) is 4.79 Å². The molecule has 2 unspecified atom stereocenters. The molecule has 1 N–H and O–H groups in total. The van der Waals surface area contributed by atoms with Crippen LogP contribution in [0.4, 0.5) is 0 Å². The molecular formula is C10H17NOS. The van der Waals surface area contributed by atoms with Gasteiger partial charge in [-0.15, -0.1) is 0 Å². The SMILES string of the molecule is CC(C)=CC(=O)NC1CSCC1C. The van der Waals surface area contributed by atoms with Gasteiger partial charge in [-0.05, 0) is 25.5 Å². The van der Waals surface area contributed by atoms with E-state index in [0.717, 1.165) is 11.3 Å². The first-order valence-corrected chi connectivity index (χ1v) is 5.78. The van der Waals surface area contributed by atoms with Gasteiger partial charge < -0.3 is 5.32 Å². The van der Waals surface area contributed by atoms with E-state index in [1.165, 1.54) is 5.75 Å². The molecule has 0 aromatic rings. The Bertz CT molecular complexity index is 221. The number of thioether (sulfide) groups is 1. The van der Waals surface area contributed by atoms with Crippen molar-refractivity contribution in [2.24, 2.45) is 5.92 Å². The minimum Gasteiger partial charge on any atom is -0.349 e. The molecule has 1 amide bonds. The summed E-state index contributed by atoms with van der Waals surface area (Å²) in [7, 11) is 0. The van der Waals surface area contributed by atoms with Gasteiger partial charge in [0.05, 0.1) is 0 Å². The minimum absolute atomic E-state index is 0.0550. The molecule has 74 valence electrons. The van der Waals surface area contributed by atoms with Crippen molar-refractivity contribution in [3.8, 4) is 0 Å². The van der Waals surface area contributed by atoms with Gasteiger partial charge in [-0.2, -0.15) is 11.8 Å². The maximum atomic E-state index is 11.4. The molecule has 1 fully saturated rings. The lowest BCUT2D eigenvalue weighted by Crippen LogP contribution is -2.37. The van der Waals surface area contributed by atoms with E-state index in [9.17, 15) is 4.79 Å². The fourth-order valence-electron chi connectivity index (χ4n) is 1.33. The second-order valence-corrected chi connectivity index (χ2v) is 4.93. The Morgan fingerprint density at radius 1 is 1.46 bits per heavy atom. The van der Waals surface area contributed by atoms with Crippen LogP contribution in [0.25, 0.3) is 0 Å². The number of rotatable bonds is 2. The van der Waals surface area contributed by atoms with Gasteiger partial charge >= 0.3 is 0 Å². The van der Waals surface area contributed by atoms with Crippen molar-refractivity contribution in [1.82, 2.24) is 5.32 Å². The van der Waals surface area contributed by atoms with Crippen LogP contribution in [0.3, 0.4) is 0 Å². The number of allylic oxidation sites excluding steroid dienone is 1. The molecule has 0 saturated carbocycles. The van der Waals surface area contributed by atoms with E-state index in [0.29, 0.717) is 12.0 Å². The smallest absolute Gasteiger partial charge is 0.244 e. The molecule has 13 heavy (non-hydrogen) atoms. The Labute approximate surface area is 84.2 Å². The summed E-state index contributed by atoms with van der Waals surface area (Å²) in [5.74, 6) is 2.89. The molecular weight excluding hydrogens is 182 g/mol. The largest absolute Gasteiger partial charge is 0.349 e. The molecule has 0 aliphatic carbocycles. The van der Waals surface area contributed by atoms with Crippen LogP contribution in [0.1, 0.15) is 20.8 Å². The molecule has 1 saturated heterocycles. The monoisotopic (exact) mass is 199 g/mol. The molecule has 1 aliphatic heterocycles. The molecule has 2 atom stereocenters. The Morgan fingerprint density at radius 2 is 2.15 bits per heavy atom. The van der Waals surface area contributed by atoms with Crippen molar-refractivity contribution in [3.63, 3.8) is 0 Å². The summed E-state index contributed by atoms with van der Waals surface area (Å²) >= 11 is 1.92. The second-order valence-electron chi connectivity index (χ2n) is 3.85. The van der Waals surface area contributed by atoms with Crippen molar-refractivity contribution in [3.05, 3.63) is 11.6 Å². The predicted octanol–water partition coefficient (Wildman–Crippen LogP) is 1.82. The maximum Gasteiger partial charge on any atom is 0.244 e. The molecule has 1 aliphatic rings. The lowest BCUT2D eigenvalue weighted by molar-refractivity contribution is -0.117. The number of amides is 1. The molecule has 2 nitrogen and oxygen atoms in total. The average Bonchev–Trinajstić information content (AvgIpc) is 2.34. The Hall–Kier alpha value is -0.440. The first-order valence-electron chi connectivity index (χ1n) is 4.62. The molecule has 1 heterocycles. The summed E-state index contributed by atoms with van der Waals surface area (Å²) in [5.41, 5.74) is 1.05. The third-order valence-corrected chi connectivity index (χ3v) is 3.47. The van der Waals surface area contributed by atoms with Crippen LogP contribution in [0, 0.1) is 5.92 Å². The van der Waals surface area contributed by atoms with E-state index in [1.54, 1.807) is 6.08 Å². The number of hydrogen-bond donors (Lipinski definition) is 1. The number of carbonyl (C=O) groups excluding carboxylic acids is 1. The summed E-state index contributed by atoms with van der Waals surface area (Å²) in [5, 5.41) is 3.02. The molecule has 1 rings (SSSR count). The van der Waals surface area contributed by atoms with Crippen LogP contribution >= 0.6 is 11.8 Å². The van der Waals surface area contributed by atoms with Crippen LogP contribution < -0.4 is 5.32 Å². The highest BCUT2D eigenvalue weighted by molar-refractivity contribution is 7.99. The number of nitrogens with one attached hydrogen (secondary N) is 1. The Balaban J connectivity index is 2.40. The first kappa shape index (κ1) is 10.6. The van der Waals surface area contributed by atoms with E-state index < -0.39 is 0 Å². The Kier molecular flexibility index (Phi) is 3.85. The highest BCUT2D eigenvalue weighted by atomic mass is 32.2. The summed E-state index contributed by atoms with van der Waals surface area (Å²) in [6, 6.07) is 0.369. The van der Waals surface area contributed by atoms with E-state index in [-0.39, 0.29) is 5.91 Å². The fraction of sp³-hybridized carbons (Fsp3) is 0.700. The average molecular weight is 199 g/mol. The van der Waals surface area contributed by atoms with Gasteiger partial charge in [0.2, 0.25) is 5.91 Å². The van der Waals surface area contributed by atoms with Crippen LogP contribution in [0.2, 0.25) is 0 Å². The standard InChI is InChI=1S/C10H17NOS/c1-7(2)4-10(12)11-9-6-13-5-8(9)3/h4,8-9H,5-6H2,1-3H3,(H,11,12). The van der Waals surface area contributed by atoms with E-state index in [4.69, 9.17) is 0 Å². The van der Waals surface area contributed by atoms with Gasteiger partial charge in [0.15, 0.2) is 0 Å². The zero-order valence-electron chi connectivity index (χ0n) is 8.46. The van der Waals surface area contributed by atoms with Gasteiger partial charge in [0.25, 0.3) is 0 Å². The summed E-state index contributed by atoms with van der Waals surface area (Å²) < 4.78 is 0. The molecule has 0 spiro atoms. The summed E-state index contributed by atoms with van der Waals surface area (Å²) in [4.78, 5) is 11.4. The van der Waals surface area contributed by atoms with Crippen molar-refractivity contribution in [2.75, 3.05) is 11.5 Å². The summed E-state index contributed by atoms with van der Waals surface area (Å²) in [6.45, 7) is 6.06. The minimum atomic E-state index is 0.0550. The third kappa shape index (κ3) is 3.43. The van der Waals surface area contributed by atoms with Crippen LogP contribution in [-0.2, 0) is 4.79 Å². The Morgan fingerprint density at radius 3 is 2.62 bits per heavy atom. The molecule has 0 bridgehead atoms. The molecule has 0 aromatic carbocycles. The zero-order valence-corrected chi connectivity index (χ0v) is 9.28. The van der Waals surface area contributed by atoms with E-state index in [1.807, 2.05) is 25.6 Å².